The predicted octanol–water partition coefficient (Wildman–Crippen LogP) is 0.155. The second-order valence-corrected chi connectivity index (χ2v) is 5.57. The molecular formula is C7H11NO9P2. The van der Waals surface area contributed by atoms with E-state index in [4.69, 9.17) is 30.4 Å². The molecule has 1 rings (SSSR count). The van der Waals surface area contributed by atoms with Crippen molar-refractivity contribution in [1.29, 1.82) is 0 Å². The molecule has 108 valence electrons. The van der Waals surface area contributed by atoms with Crippen molar-refractivity contribution in [2.75, 3.05) is 5.73 Å². The van der Waals surface area contributed by atoms with E-state index < -0.39 is 21.6 Å². The monoisotopic (exact) mass is 315 g/mol. The lowest BCUT2D eigenvalue weighted by atomic mass is 10.2. The van der Waals surface area contributed by atoms with Gasteiger partial charge < -0.3 is 30.4 Å². The molecule has 0 aromatic heterocycles. The van der Waals surface area contributed by atoms with Gasteiger partial charge in [0.25, 0.3) is 0 Å². The Kier molecular flexibility index (Phi) is 6.34. The summed E-state index contributed by atoms with van der Waals surface area (Å²) >= 11 is 0. The molecule has 0 saturated heterocycles. The molecule has 0 aliphatic rings. The summed E-state index contributed by atoms with van der Waals surface area (Å²) in [6.07, 6.45) is 0. The highest BCUT2D eigenvalue weighted by Crippen LogP contribution is 2.53. The molecular weight excluding hydrogens is 304 g/mol. The van der Waals surface area contributed by atoms with E-state index in [-0.39, 0.29) is 5.56 Å². The van der Waals surface area contributed by atoms with Crippen LogP contribution in [-0.4, -0.2) is 30.6 Å². The summed E-state index contributed by atoms with van der Waals surface area (Å²) in [5.41, 5.74) is 5.80. The Hall–Kier alpha value is -1.25. The van der Waals surface area contributed by atoms with Crippen LogP contribution in [0.4, 0.5) is 5.69 Å². The fraction of sp³-hybridized carbons (Fsp3) is 0. The second kappa shape index (κ2) is 6.78. The number of carboxylic acid groups (broad SMARTS) is 1. The SMILES string of the molecule is Nc1ccccc1C(=O)O.O=P(O)(O)OP(=O)(O)O. The predicted molar refractivity (Wildman–Crippen MR) is 63.0 cm³/mol. The van der Waals surface area contributed by atoms with Crippen molar-refractivity contribution in [3.63, 3.8) is 0 Å². The van der Waals surface area contributed by atoms with Crippen molar-refractivity contribution < 1.29 is 42.9 Å². The average molecular weight is 315 g/mol. The van der Waals surface area contributed by atoms with Gasteiger partial charge in [0.15, 0.2) is 0 Å². The third-order valence-electron chi connectivity index (χ3n) is 1.40. The van der Waals surface area contributed by atoms with Crippen LogP contribution in [0.1, 0.15) is 10.4 Å². The first-order valence-corrected chi connectivity index (χ1v) is 7.38. The van der Waals surface area contributed by atoms with Crippen LogP contribution in [0, 0.1) is 0 Å². The lowest BCUT2D eigenvalue weighted by Gasteiger charge is -2.03. The molecule has 10 nitrogen and oxygen atoms in total. The Morgan fingerprint density at radius 1 is 1.05 bits per heavy atom. The average Bonchev–Trinajstić information content (AvgIpc) is 2.12. The topological polar surface area (TPSA) is 188 Å². The van der Waals surface area contributed by atoms with Crippen LogP contribution in [0.3, 0.4) is 0 Å². The molecule has 0 amide bonds. The Labute approximate surface area is 106 Å². The van der Waals surface area contributed by atoms with Gasteiger partial charge in [-0.15, -0.1) is 0 Å². The molecule has 0 spiro atoms. The van der Waals surface area contributed by atoms with Gasteiger partial charge >= 0.3 is 21.6 Å². The number of nitrogens with two attached hydrogens (primary N) is 1. The van der Waals surface area contributed by atoms with E-state index in [0.717, 1.165) is 0 Å². The van der Waals surface area contributed by atoms with Gasteiger partial charge in [0.2, 0.25) is 0 Å². The zero-order valence-electron chi connectivity index (χ0n) is 9.15. The van der Waals surface area contributed by atoms with Crippen LogP contribution in [0.25, 0.3) is 0 Å². The molecule has 0 aliphatic carbocycles. The van der Waals surface area contributed by atoms with E-state index in [9.17, 15) is 13.9 Å². The number of phosphoric acid groups is 2. The van der Waals surface area contributed by atoms with E-state index in [1.807, 2.05) is 0 Å². The summed E-state index contributed by atoms with van der Waals surface area (Å²) in [6.45, 7) is 0. The summed E-state index contributed by atoms with van der Waals surface area (Å²) < 4.78 is 22.2. The number of benzene rings is 1. The maximum absolute atomic E-state index is 10.3. The number of carboxylic acids is 1. The molecule has 0 bridgehead atoms. The molecule has 19 heavy (non-hydrogen) atoms. The Morgan fingerprint density at radius 3 is 1.68 bits per heavy atom. The van der Waals surface area contributed by atoms with Crippen molar-refractivity contribution in [3.8, 4) is 0 Å². The summed E-state index contributed by atoms with van der Waals surface area (Å²) in [5.74, 6) is -0.988. The third-order valence-corrected chi connectivity index (χ3v) is 3.11. The van der Waals surface area contributed by atoms with Crippen molar-refractivity contribution in [1.82, 2.24) is 0 Å². The molecule has 1 aromatic carbocycles. The summed E-state index contributed by atoms with van der Waals surface area (Å²) in [6, 6.07) is 6.36. The van der Waals surface area contributed by atoms with E-state index in [1.165, 1.54) is 6.07 Å². The molecule has 0 fully saturated rings. The molecule has 0 atom stereocenters. The highest BCUT2D eigenvalue weighted by molar-refractivity contribution is 7.60. The van der Waals surface area contributed by atoms with Gasteiger partial charge in [0, 0.05) is 5.69 Å². The Bertz CT molecular complexity index is 513. The van der Waals surface area contributed by atoms with Crippen LogP contribution < -0.4 is 5.73 Å². The molecule has 0 saturated carbocycles. The number of nitrogen functional groups attached to an aromatic ring is 1. The summed E-state index contributed by atoms with van der Waals surface area (Å²) in [4.78, 5) is 41.3. The first-order chi connectivity index (χ1) is 8.42. The third kappa shape index (κ3) is 9.34. The van der Waals surface area contributed by atoms with Gasteiger partial charge in [-0.2, -0.15) is 4.31 Å². The fourth-order valence-electron chi connectivity index (χ4n) is 0.830. The molecule has 0 radical (unpaired) electrons. The van der Waals surface area contributed by atoms with Gasteiger partial charge in [-0.3, -0.25) is 0 Å². The second-order valence-electron chi connectivity index (χ2n) is 2.96. The molecule has 0 unspecified atom stereocenters. The lowest BCUT2D eigenvalue weighted by Crippen LogP contribution is -2.00. The number of hydrogen-bond acceptors (Lipinski definition) is 5. The van der Waals surface area contributed by atoms with E-state index in [2.05, 4.69) is 4.31 Å². The largest absolute Gasteiger partial charge is 0.478 e. The van der Waals surface area contributed by atoms with E-state index in [0.29, 0.717) is 5.69 Å². The highest BCUT2D eigenvalue weighted by Gasteiger charge is 2.27. The number of rotatable bonds is 3. The minimum atomic E-state index is -5.05. The van der Waals surface area contributed by atoms with Gasteiger partial charge in [-0.25, -0.2) is 13.9 Å². The zero-order valence-corrected chi connectivity index (χ0v) is 10.9. The zero-order chi connectivity index (χ0) is 15.3. The number of carbonyl (C=O) groups is 1. The fourth-order valence-corrected chi connectivity index (χ4v) is 1.94. The number of aromatic carboxylic acids is 1. The Balaban J connectivity index is 0.000000344. The molecule has 1 aromatic rings. The van der Waals surface area contributed by atoms with Gasteiger partial charge in [-0.1, -0.05) is 12.1 Å². The van der Waals surface area contributed by atoms with Crippen LogP contribution in [0.5, 0.6) is 0 Å². The summed E-state index contributed by atoms with van der Waals surface area (Å²) in [7, 11) is -10.1. The smallest absolute Gasteiger partial charge is 0.478 e. The summed E-state index contributed by atoms with van der Waals surface area (Å²) in [5, 5.41) is 8.49. The number of anilines is 1. The van der Waals surface area contributed by atoms with Crippen molar-refractivity contribution in [2.24, 2.45) is 0 Å². The van der Waals surface area contributed by atoms with Crippen LogP contribution in [0.2, 0.25) is 0 Å². The Morgan fingerprint density at radius 2 is 1.47 bits per heavy atom. The first-order valence-electron chi connectivity index (χ1n) is 4.32. The molecule has 0 aliphatic heterocycles. The van der Waals surface area contributed by atoms with Crippen molar-refractivity contribution in [2.45, 2.75) is 0 Å². The van der Waals surface area contributed by atoms with Crippen LogP contribution >= 0.6 is 15.6 Å². The molecule has 0 heterocycles. The number of hydrogen-bond donors (Lipinski definition) is 6. The van der Waals surface area contributed by atoms with Crippen LogP contribution in [-0.2, 0) is 13.4 Å². The first kappa shape index (κ1) is 17.8. The van der Waals surface area contributed by atoms with Crippen molar-refractivity contribution >= 4 is 27.3 Å². The number of para-hydroxylation sites is 1. The van der Waals surface area contributed by atoms with Gasteiger partial charge in [-0.05, 0) is 12.1 Å². The lowest BCUT2D eigenvalue weighted by molar-refractivity contribution is 0.0698. The normalized spacial score (nSPS) is 11.4. The van der Waals surface area contributed by atoms with E-state index in [1.54, 1.807) is 18.2 Å². The minimum absolute atomic E-state index is 0.155. The maximum Gasteiger partial charge on any atom is 0.478 e. The van der Waals surface area contributed by atoms with Gasteiger partial charge in [0.1, 0.15) is 0 Å². The molecule has 7 N–H and O–H groups in total. The minimum Gasteiger partial charge on any atom is -0.478 e. The quantitative estimate of drug-likeness (QED) is 0.331. The standard InChI is InChI=1S/C7H7NO2.H4O7P2/c8-6-4-2-1-3-5(6)7(9)10;1-8(2,3)7-9(4,5)6/h1-4H,8H2,(H,9,10);(H2,1,2,3)(H2,4,5,6). The molecule has 12 heteroatoms. The van der Waals surface area contributed by atoms with Crippen LogP contribution in [0.15, 0.2) is 24.3 Å². The van der Waals surface area contributed by atoms with Gasteiger partial charge in [0.05, 0.1) is 5.56 Å². The van der Waals surface area contributed by atoms with E-state index >= 15 is 0 Å². The highest BCUT2D eigenvalue weighted by atomic mass is 31.3. The van der Waals surface area contributed by atoms with Crippen molar-refractivity contribution in [3.05, 3.63) is 29.8 Å². The maximum atomic E-state index is 10.3.